The third-order valence-corrected chi connectivity index (χ3v) is 12.0. The van der Waals surface area contributed by atoms with Crippen molar-refractivity contribution in [3.05, 3.63) is 71.3 Å². The zero-order valence-electron chi connectivity index (χ0n) is 49.7. The van der Waals surface area contributed by atoms with E-state index in [0.717, 1.165) is 23.1 Å². The zero-order chi connectivity index (χ0) is 61.9. The van der Waals surface area contributed by atoms with Crippen LogP contribution in [-0.2, 0) is 62.3 Å². The molecule has 0 aliphatic carbocycles. The first-order chi connectivity index (χ1) is 37.7. The van der Waals surface area contributed by atoms with Crippen molar-refractivity contribution in [1.82, 2.24) is 10.6 Å². The summed E-state index contributed by atoms with van der Waals surface area (Å²) in [6.07, 6.45) is 3.19. The molecule has 5 atom stereocenters. The van der Waals surface area contributed by atoms with Crippen molar-refractivity contribution < 1.29 is 57.7 Å². The van der Waals surface area contributed by atoms with Gasteiger partial charge in [-0.3, -0.25) is 24.0 Å². The number of carbonyl (C=O) groups excluding carboxylic acids is 9. The van der Waals surface area contributed by atoms with Crippen LogP contribution < -0.4 is 55.3 Å². The fourth-order valence-corrected chi connectivity index (χ4v) is 8.26. The summed E-state index contributed by atoms with van der Waals surface area (Å²) in [4.78, 5) is 100. The average Bonchev–Trinajstić information content (AvgIpc) is 3.34. The van der Waals surface area contributed by atoms with Crippen molar-refractivity contribution in [2.45, 2.75) is 171 Å². The smallest absolute Gasteiger partial charge is 0.408 e. The minimum atomic E-state index is -0.690. The number of hydrogen-bond acceptors (Lipinski definition) is 17. The number of fused-ring (bicyclic) bond motifs is 3. The Balaban J connectivity index is 0.000000546. The maximum Gasteiger partial charge on any atom is 0.408 e. The Morgan fingerprint density at radius 2 is 1.00 bits per heavy atom. The molecule has 0 saturated carbocycles. The van der Waals surface area contributed by atoms with E-state index < -0.39 is 41.3 Å². The highest BCUT2D eigenvalue weighted by molar-refractivity contribution is 6.03. The molecule has 0 radical (unpaired) electrons. The predicted molar refractivity (Wildman–Crippen MR) is 315 cm³/mol. The van der Waals surface area contributed by atoms with Gasteiger partial charge >= 0.3 is 18.3 Å². The third kappa shape index (κ3) is 27.6. The molecule has 6 rings (SSSR count). The zero-order valence-corrected chi connectivity index (χ0v) is 49.7. The van der Waals surface area contributed by atoms with Gasteiger partial charge in [-0.25, -0.2) is 9.59 Å². The van der Waals surface area contributed by atoms with Gasteiger partial charge in [0.15, 0.2) is 5.78 Å². The Bertz CT molecular complexity index is 2590. The summed E-state index contributed by atoms with van der Waals surface area (Å²) in [5, 5.41) is 21.3. The van der Waals surface area contributed by atoms with Crippen LogP contribution in [0.5, 0.6) is 0 Å². The van der Waals surface area contributed by atoms with Crippen LogP contribution in [0.3, 0.4) is 0 Å². The van der Waals surface area contributed by atoms with E-state index in [9.17, 15) is 33.6 Å². The highest BCUT2D eigenvalue weighted by Gasteiger charge is 2.34. The lowest BCUT2D eigenvalue weighted by molar-refractivity contribution is -0.191. The number of carbonyl (C=O) groups is 7. The summed E-state index contributed by atoms with van der Waals surface area (Å²) in [6, 6.07) is 14.9. The van der Waals surface area contributed by atoms with E-state index in [0.29, 0.717) is 84.6 Å². The first-order valence-electron chi connectivity index (χ1n) is 27.3. The number of anilines is 6. The molecule has 0 bridgehead atoms. The highest BCUT2D eigenvalue weighted by Crippen LogP contribution is 2.34. The Kier molecular flexibility index (Phi) is 30.7. The molecule has 0 saturated heterocycles. The summed E-state index contributed by atoms with van der Waals surface area (Å²) >= 11 is 0. The number of Topliss-reactive ketones (excluding diaryl/α,β-unsaturated/α-hetero) is 2. The van der Waals surface area contributed by atoms with Crippen LogP contribution in [-0.4, -0.2) is 95.2 Å². The van der Waals surface area contributed by atoms with Crippen molar-refractivity contribution in [3.63, 3.8) is 0 Å². The molecule has 16 N–H and O–H groups in total. The molecule has 22 heteroatoms. The van der Waals surface area contributed by atoms with Crippen molar-refractivity contribution in [3.8, 4) is 0 Å². The predicted octanol–water partition coefficient (Wildman–Crippen LogP) is 7.05. The Labute approximate surface area is 477 Å². The molecular weight excluding hydrogens is 1040 g/mol. The molecule has 0 aromatic heterocycles. The summed E-state index contributed by atoms with van der Waals surface area (Å²) < 4.78 is 10.3. The van der Waals surface area contributed by atoms with Crippen LogP contribution >= 0.6 is 0 Å². The number of aliphatic hydroxyl groups is 1. The minimum Gasteiger partial charge on any atom is -0.444 e. The monoisotopic (exact) mass is 1130 g/mol. The second-order valence-corrected chi connectivity index (χ2v) is 23.1. The van der Waals surface area contributed by atoms with E-state index in [2.05, 4.69) is 40.4 Å². The van der Waals surface area contributed by atoms with Crippen LogP contribution in [0.4, 0.5) is 43.7 Å². The number of nitrogens with two attached hydrogens (primary N) is 5. The number of amides is 5. The van der Waals surface area contributed by atoms with E-state index in [1.807, 2.05) is 84.9 Å². The number of aliphatic hydroxyl groups excluding tert-OH is 1. The first kappa shape index (κ1) is 71.6. The second kappa shape index (κ2) is 34.7. The normalized spacial score (nSPS) is 16.5. The first-order valence-corrected chi connectivity index (χ1v) is 27.3. The minimum absolute atomic E-state index is 0.0452. The van der Waals surface area contributed by atoms with E-state index >= 15 is 0 Å². The van der Waals surface area contributed by atoms with Gasteiger partial charge in [-0.1, -0.05) is 77.9 Å². The van der Waals surface area contributed by atoms with Crippen LogP contribution in [0.25, 0.3) is 0 Å². The van der Waals surface area contributed by atoms with Crippen LogP contribution in [0.2, 0.25) is 0 Å². The number of ether oxygens (including phenoxy) is 2. The lowest BCUT2D eigenvalue weighted by Crippen LogP contribution is -2.45. The highest BCUT2D eigenvalue weighted by atomic mass is 16.6. The SMILES string of the molecule is CC(C)CCNC(=O)OC(C)(C)C.CC(C)C[C@@H](N)C(=O)CC1Cc2cccc(N)c2NC1=O.CC(C)C[C@@H](NC(=O)OC(C)(C)C)C(=O)CC1Cc2cccc(N)c2NC1=O.CCO.Nc1cccc2c1NC(=O)C(N)C2.O=C=O. The van der Waals surface area contributed by atoms with Gasteiger partial charge in [-0.05, 0) is 140 Å². The number of ketones is 2. The maximum absolute atomic E-state index is 12.9. The number of alkyl carbamates (subject to hydrolysis) is 2. The fourth-order valence-electron chi connectivity index (χ4n) is 8.26. The van der Waals surface area contributed by atoms with Crippen LogP contribution in [0.1, 0.15) is 139 Å². The Morgan fingerprint density at radius 3 is 1.38 bits per heavy atom. The van der Waals surface area contributed by atoms with Gasteiger partial charge in [-0.2, -0.15) is 9.59 Å². The largest absolute Gasteiger partial charge is 0.444 e. The summed E-state index contributed by atoms with van der Waals surface area (Å²) in [7, 11) is 0. The fraction of sp³-hybridized carbons (Fsp3) is 0.559. The van der Waals surface area contributed by atoms with Crippen molar-refractivity contribution in [2.24, 2.45) is 41.1 Å². The van der Waals surface area contributed by atoms with Crippen molar-refractivity contribution in [1.29, 1.82) is 0 Å². The second-order valence-electron chi connectivity index (χ2n) is 23.1. The Morgan fingerprint density at radius 1 is 0.630 bits per heavy atom. The van der Waals surface area contributed by atoms with Gasteiger partial charge in [0, 0.05) is 37.8 Å². The summed E-state index contributed by atoms with van der Waals surface area (Å²) in [5.74, 6) is -0.426. The summed E-state index contributed by atoms with van der Waals surface area (Å²) in [6.45, 7) is 25.7. The molecule has 0 spiro atoms. The number of para-hydroxylation sites is 3. The standard InChI is InChI=1S/C21H31N3O4.C16H23N3O2.C10H21NO2.C9H11N3O.C2H6O.CO2/c1-12(2)9-16(23-20(27)28-21(3,4)5)17(25)11-14-10-13-7-6-8-15(22)18(13)24-19(14)26;1-9(2)6-13(18)14(20)8-11-7-10-4-3-5-12(17)15(10)19-16(11)21;1-8(2)6-7-11-9(12)13-10(3,4)5;10-6-3-1-2-5-4-7(11)9(13)12-8(5)6;1-2-3;2-1-3/h6-8,12,14,16H,9-11,22H2,1-5H3,(H,23,27)(H,24,26);3-5,9,11,13H,6-8,17-18H2,1-2H3,(H,19,21);8H,6-7H2,1-5H3,(H,11,12);1-3,7H,4,10-11H2,(H,12,13);3H,2H2,1H3;/t14?,16-;11?,13-;;;;/m11..../s1. The van der Waals surface area contributed by atoms with Gasteiger partial charge in [0.25, 0.3) is 0 Å². The number of nitrogen functional groups attached to an aromatic ring is 3. The number of hydrogen-bond donors (Lipinski definition) is 11. The topological polar surface area (TPSA) is 383 Å². The van der Waals surface area contributed by atoms with E-state index in [4.69, 9.17) is 52.8 Å². The van der Waals surface area contributed by atoms with Crippen molar-refractivity contribution in [2.75, 3.05) is 46.3 Å². The molecule has 3 aromatic rings. The van der Waals surface area contributed by atoms with Gasteiger partial charge < -0.3 is 69.8 Å². The molecule has 3 aliphatic rings. The molecule has 81 heavy (non-hydrogen) atoms. The molecular formula is C59H92N10O12. The molecule has 3 unspecified atom stereocenters. The number of rotatable bonds is 14. The maximum atomic E-state index is 12.9. The lowest BCUT2D eigenvalue weighted by atomic mass is 9.86. The molecule has 5 amide bonds. The number of benzene rings is 3. The third-order valence-electron chi connectivity index (χ3n) is 12.0. The molecule has 0 fully saturated rings. The lowest BCUT2D eigenvalue weighted by Gasteiger charge is -2.27. The molecule has 3 aromatic carbocycles. The van der Waals surface area contributed by atoms with Gasteiger partial charge in [0.2, 0.25) is 17.7 Å². The van der Waals surface area contributed by atoms with E-state index in [1.54, 1.807) is 45.9 Å². The van der Waals surface area contributed by atoms with Gasteiger partial charge in [0.1, 0.15) is 17.0 Å². The van der Waals surface area contributed by atoms with Gasteiger partial charge in [0.05, 0.1) is 52.2 Å². The average molecular weight is 1130 g/mol. The molecule has 3 heterocycles. The quantitative estimate of drug-likeness (QED) is 0.0720. The number of nitrogens with one attached hydrogen (secondary N) is 5. The van der Waals surface area contributed by atoms with E-state index in [-0.39, 0.29) is 72.8 Å². The van der Waals surface area contributed by atoms with Gasteiger partial charge in [-0.15, -0.1) is 0 Å². The van der Waals surface area contributed by atoms with Crippen LogP contribution in [0, 0.1) is 29.6 Å². The molecule has 450 valence electrons. The Hall–Kier alpha value is -7.39. The van der Waals surface area contributed by atoms with Crippen LogP contribution in [0.15, 0.2) is 54.6 Å². The van der Waals surface area contributed by atoms with Crippen molar-refractivity contribution >= 4 is 81.8 Å². The molecule has 22 nitrogen and oxygen atoms in total. The van der Waals surface area contributed by atoms with E-state index in [1.165, 1.54) is 0 Å². The summed E-state index contributed by atoms with van der Waals surface area (Å²) in [5.41, 5.74) is 34.5. The molecule has 3 aliphatic heterocycles.